The Balaban J connectivity index is 4.02. The molecular weight excluding hydrogens is 148 g/mol. The molecule has 0 bridgehead atoms. The summed E-state index contributed by atoms with van der Waals surface area (Å²) < 4.78 is 0. The van der Waals surface area contributed by atoms with Gasteiger partial charge in [0.25, 0.3) is 0 Å². The molecule has 0 nitrogen and oxygen atoms in total. The molecule has 0 atom stereocenters. The fourth-order valence-electron chi connectivity index (χ4n) is 0. The molecule has 0 aliphatic carbocycles. The standard InChI is InChI=1S/C6H15Si.Ti/c1-6(2,3)7(4)5;/h1-5H3;. The first kappa shape index (κ1) is 8.93. The van der Waals surface area contributed by atoms with E-state index in [2.05, 4.69) is 53.6 Å². The van der Waals surface area contributed by atoms with Crippen LogP contribution >= 0.6 is 0 Å². The molecule has 0 spiro atoms. The van der Waals surface area contributed by atoms with Crippen molar-refractivity contribution < 1.29 is 19.7 Å². The Bertz CT molecular complexity index is 63.5. The van der Waals surface area contributed by atoms with Crippen LogP contribution in [-0.2, 0) is 19.7 Å². The molecule has 0 unspecified atom stereocenters. The van der Waals surface area contributed by atoms with Gasteiger partial charge in [0.15, 0.2) is 0 Å². The van der Waals surface area contributed by atoms with Gasteiger partial charge in [-0.05, 0) is 0 Å². The monoisotopic (exact) mass is 163 g/mol. The van der Waals surface area contributed by atoms with Gasteiger partial charge in [-0.25, -0.2) is 0 Å². The Kier molecular flexibility index (Phi) is 2.54. The van der Waals surface area contributed by atoms with Crippen LogP contribution in [0.5, 0.6) is 0 Å². The molecule has 0 amide bonds. The zero-order valence-corrected chi connectivity index (χ0v) is 9.06. The van der Waals surface area contributed by atoms with Crippen molar-refractivity contribution >= 4 is 5.94 Å². The number of rotatable bonds is 0. The summed E-state index contributed by atoms with van der Waals surface area (Å²) >= 11 is 2.41. The van der Waals surface area contributed by atoms with Crippen LogP contribution in [0.25, 0.3) is 0 Å². The van der Waals surface area contributed by atoms with Gasteiger partial charge >= 0.3 is 64.5 Å². The fraction of sp³-hybridized carbons (Fsp3) is 1.00. The fourth-order valence-corrected chi connectivity index (χ4v) is 0. The van der Waals surface area contributed by atoms with Gasteiger partial charge in [0.05, 0.1) is 0 Å². The Morgan fingerprint density at radius 3 is 1.25 bits per heavy atom. The van der Waals surface area contributed by atoms with E-state index in [4.69, 9.17) is 0 Å². The van der Waals surface area contributed by atoms with E-state index < -0.39 is 5.94 Å². The van der Waals surface area contributed by atoms with Crippen molar-refractivity contribution in [3.63, 3.8) is 0 Å². The predicted octanol–water partition coefficient (Wildman–Crippen LogP) is 2.54. The minimum absolute atomic E-state index is 0.576. The third kappa shape index (κ3) is 2.47. The van der Waals surface area contributed by atoms with Gasteiger partial charge in [-0.1, -0.05) is 0 Å². The van der Waals surface area contributed by atoms with E-state index in [0.717, 1.165) is 0 Å². The molecule has 0 saturated carbocycles. The van der Waals surface area contributed by atoms with Gasteiger partial charge in [-0.3, -0.25) is 0 Å². The average Bonchev–Trinajstić information content (AvgIpc) is 1.25. The molecule has 8 heavy (non-hydrogen) atoms. The summed E-state index contributed by atoms with van der Waals surface area (Å²) in [5, 5.41) is 0.576. The molecule has 0 aromatic rings. The summed E-state index contributed by atoms with van der Waals surface area (Å²) in [7, 11) is 0. The Hall–Kier alpha value is 0.931. The summed E-state index contributed by atoms with van der Waals surface area (Å²) in [6.45, 7) is 11.8. The summed E-state index contributed by atoms with van der Waals surface area (Å²) in [5.74, 6) is -0.859. The maximum atomic E-state index is 2.41. The average molecular weight is 163 g/mol. The normalized spacial score (nSPS) is 14.0. The molecule has 0 N–H and O–H groups in total. The topological polar surface area (TPSA) is 0 Å². The molecule has 0 aromatic carbocycles. The molecule has 0 saturated heterocycles. The molecule has 0 aromatic heterocycles. The molecule has 0 rings (SSSR count). The predicted molar refractivity (Wildman–Crippen MR) is 37.2 cm³/mol. The van der Waals surface area contributed by atoms with Gasteiger partial charge in [0, 0.05) is 0 Å². The molecule has 0 aliphatic rings. The molecular formula is C6H15SiTi. The third-order valence-corrected chi connectivity index (χ3v) is 9.14. The SMILES string of the molecule is CC(C)(C)[Si](C)(C)[Ti]. The van der Waals surface area contributed by atoms with Gasteiger partial charge in [-0.2, -0.15) is 0 Å². The summed E-state index contributed by atoms with van der Waals surface area (Å²) in [6.07, 6.45) is 0. The second kappa shape index (κ2) is 2.28. The van der Waals surface area contributed by atoms with Crippen molar-refractivity contribution in [2.45, 2.75) is 38.9 Å². The maximum absolute atomic E-state index is 2.41. The molecule has 0 heterocycles. The zero-order chi connectivity index (χ0) is 7.00. The molecule has 0 fully saturated rings. The van der Waals surface area contributed by atoms with Crippen molar-refractivity contribution in [1.29, 1.82) is 0 Å². The van der Waals surface area contributed by atoms with Crippen LogP contribution in [0.1, 0.15) is 20.8 Å². The van der Waals surface area contributed by atoms with Crippen LogP contribution in [0, 0.1) is 0 Å². The first-order valence-corrected chi connectivity index (χ1v) is 8.34. The van der Waals surface area contributed by atoms with E-state index in [9.17, 15) is 0 Å². The third-order valence-electron chi connectivity index (χ3n) is 1.88. The van der Waals surface area contributed by atoms with Crippen molar-refractivity contribution in [2.24, 2.45) is 0 Å². The van der Waals surface area contributed by atoms with E-state index in [1.54, 1.807) is 0 Å². The first-order chi connectivity index (χ1) is 3.25. The van der Waals surface area contributed by atoms with Crippen molar-refractivity contribution in [2.75, 3.05) is 0 Å². The summed E-state index contributed by atoms with van der Waals surface area (Å²) in [6, 6.07) is 0. The second-order valence-corrected chi connectivity index (χ2v) is 14.5. The van der Waals surface area contributed by atoms with E-state index in [1.165, 1.54) is 0 Å². The Morgan fingerprint density at radius 2 is 1.25 bits per heavy atom. The van der Waals surface area contributed by atoms with Crippen LogP contribution in [0.2, 0.25) is 18.1 Å². The van der Waals surface area contributed by atoms with E-state index in [0.29, 0.717) is 5.04 Å². The van der Waals surface area contributed by atoms with Crippen LogP contribution in [0.3, 0.4) is 0 Å². The zero-order valence-electron chi connectivity index (χ0n) is 6.50. The molecule has 47 valence electrons. The van der Waals surface area contributed by atoms with Crippen molar-refractivity contribution in [3.05, 3.63) is 0 Å². The van der Waals surface area contributed by atoms with Crippen LogP contribution in [-0.4, -0.2) is 5.94 Å². The number of hydrogen-bond donors (Lipinski definition) is 0. The van der Waals surface area contributed by atoms with Gasteiger partial charge in [0.1, 0.15) is 0 Å². The van der Waals surface area contributed by atoms with Crippen molar-refractivity contribution in [3.8, 4) is 0 Å². The first-order valence-electron chi connectivity index (χ1n) is 3.00. The molecule has 2 heteroatoms. The quantitative estimate of drug-likeness (QED) is 0.481. The van der Waals surface area contributed by atoms with Gasteiger partial charge in [0.2, 0.25) is 0 Å². The molecule has 0 radical (unpaired) electrons. The molecule has 0 aliphatic heterocycles. The van der Waals surface area contributed by atoms with Gasteiger partial charge < -0.3 is 0 Å². The number of hydrogen-bond acceptors (Lipinski definition) is 0. The van der Waals surface area contributed by atoms with Crippen molar-refractivity contribution in [1.82, 2.24) is 0 Å². The minimum atomic E-state index is -0.859. The Labute approximate surface area is 64.7 Å². The summed E-state index contributed by atoms with van der Waals surface area (Å²) in [4.78, 5) is 0. The van der Waals surface area contributed by atoms with Crippen LogP contribution in [0.4, 0.5) is 0 Å². The van der Waals surface area contributed by atoms with Crippen LogP contribution < -0.4 is 0 Å². The van der Waals surface area contributed by atoms with E-state index in [1.807, 2.05) is 0 Å². The Morgan fingerprint density at radius 1 is 1.12 bits per heavy atom. The summed E-state index contributed by atoms with van der Waals surface area (Å²) in [5.41, 5.74) is 0. The second-order valence-electron chi connectivity index (χ2n) is 3.88. The van der Waals surface area contributed by atoms with Gasteiger partial charge in [-0.15, -0.1) is 0 Å². The van der Waals surface area contributed by atoms with E-state index in [-0.39, 0.29) is 0 Å². The van der Waals surface area contributed by atoms with Crippen LogP contribution in [0.15, 0.2) is 0 Å². The van der Waals surface area contributed by atoms with E-state index >= 15 is 0 Å².